The lowest BCUT2D eigenvalue weighted by molar-refractivity contribution is -0.131. The van der Waals surface area contributed by atoms with Crippen LogP contribution in [-0.2, 0) is 0 Å². The summed E-state index contributed by atoms with van der Waals surface area (Å²) in [6.07, 6.45) is -2.18. The number of carbonyl (C=O) groups excluding carboxylic acids is 1. The van der Waals surface area contributed by atoms with Crippen LogP contribution in [0.5, 0.6) is 17.2 Å². The Kier molecular flexibility index (Phi) is 7.23. The number of pyridine rings is 1. The van der Waals surface area contributed by atoms with E-state index in [9.17, 15) is 22.4 Å². The van der Waals surface area contributed by atoms with Gasteiger partial charge in [0.2, 0.25) is 0 Å². The number of methoxy groups -OCH3 is 1. The maximum atomic E-state index is 14.2. The number of anilines is 1. The number of benzene rings is 2. The largest absolute Gasteiger partial charge is 0.494 e. The number of hydrogen-bond acceptors (Lipinski definition) is 5. The molecule has 2 N–H and O–H groups in total. The van der Waals surface area contributed by atoms with Crippen molar-refractivity contribution in [3.8, 4) is 28.5 Å². The summed E-state index contributed by atoms with van der Waals surface area (Å²) in [5.41, 5.74) is 3.27. The zero-order valence-corrected chi connectivity index (χ0v) is 20.2. The van der Waals surface area contributed by atoms with Crippen LogP contribution in [0.25, 0.3) is 16.9 Å². The van der Waals surface area contributed by atoms with Gasteiger partial charge >= 0.3 is 6.18 Å². The Morgan fingerprint density at radius 2 is 1.89 bits per heavy atom. The van der Waals surface area contributed by atoms with Crippen molar-refractivity contribution >= 4 is 17.2 Å². The molecule has 0 spiro atoms. The minimum Gasteiger partial charge on any atom is -0.494 e. The van der Waals surface area contributed by atoms with Gasteiger partial charge in [-0.25, -0.2) is 9.37 Å². The number of carbonyl (C=O) groups is 1. The highest BCUT2D eigenvalue weighted by atomic mass is 19.4. The number of hydrogen-bond donors (Lipinski definition) is 2. The van der Waals surface area contributed by atoms with Gasteiger partial charge in [-0.2, -0.15) is 13.2 Å². The number of aryl methyl sites for hydroxylation is 1. The van der Waals surface area contributed by atoms with E-state index < -0.39 is 18.4 Å². The molecule has 1 amide bonds. The molecule has 0 aliphatic carbocycles. The molecule has 0 radical (unpaired) electrons. The Hall–Kier alpha value is -4.28. The molecule has 37 heavy (non-hydrogen) atoms. The highest BCUT2D eigenvalue weighted by Gasteiger charge is 2.26. The van der Waals surface area contributed by atoms with Gasteiger partial charge in [0.25, 0.3) is 5.91 Å². The van der Waals surface area contributed by atoms with E-state index in [1.165, 1.54) is 25.3 Å². The van der Waals surface area contributed by atoms with E-state index in [1.807, 2.05) is 6.07 Å². The van der Waals surface area contributed by atoms with Gasteiger partial charge in [0.1, 0.15) is 11.5 Å². The van der Waals surface area contributed by atoms with Crippen molar-refractivity contribution in [1.82, 2.24) is 14.7 Å². The van der Waals surface area contributed by atoms with Crippen molar-refractivity contribution in [2.75, 3.05) is 26.0 Å². The fourth-order valence-electron chi connectivity index (χ4n) is 3.86. The average molecular weight is 516 g/mol. The molecule has 0 aliphatic heterocycles. The number of nitrogens with zero attached hydrogens (tertiary/aromatic N) is 2. The highest BCUT2D eigenvalue weighted by Crippen LogP contribution is 2.33. The van der Waals surface area contributed by atoms with E-state index in [2.05, 4.69) is 15.6 Å². The molecule has 7 nitrogen and oxygen atoms in total. The summed E-state index contributed by atoms with van der Waals surface area (Å²) in [6, 6.07) is 10.8. The molecule has 0 fully saturated rings. The topological polar surface area (TPSA) is 76.9 Å². The average Bonchev–Trinajstić information content (AvgIpc) is 3.27. The van der Waals surface area contributed by atoms with Gasteiger partial charge in [0.05, 0.1) is 37.3 Å². The Labute approximate surface area is 210 Å². The maximum absolute atomic E-state index is 14.2. The third-order valence-electron chi connectivity index (χ3n) is 5.66. The van der Waals surface area contributed by atoms with Crippen LogP contribution in [0, 0.1) is 12.7 Å². The third-order valence-corrected chi connectivity index (χ3v) is 5.66. The quantitative estimate of drug-likeness (QED) is 0.282. The predicted octanol–water partition coefficient (Wildman–Crippen LogP) is 5.97. The number of aromatic nitrogens is 2. The molecule has 0 aliphatic rings. The van der Waals surface area contributed by atoms with Gasteiger partial charge in [-0.1, -0.05) is 6.07 Å². The minimum absolute atomic E-state index is 0.0461. The van der Waals surface area contributed by atoms with Crippen LogP contribution in [0.4, 0.5) is 23.2 Å². The lowest BCUT2D eigenvalue weighted by Crippen LogP contribution is -2.18. The maximum Gasteiger partial charge on any atom is 0.390 e. The van der Waals surface area contributed by atoms with Crippen molar-refractivity contribution in [2.24, 2.45) is 0 Å². The molecule has 4 aromatic rings. The zero-order chi connectivity index (χ0) is 26.7. The number of imidazole rings is 1. The Morgan fingerprint density at radius 1 is 1.11 bits per heavy atom. The number of halogens is 4. The van der Waals surface area contributed by atoms with Crippen LogP contribution in [0.1, 0.15) is 22.3 Å². The summed E-state index contributed by atoms with van der Waals surface area (Å²) in [7, 11) is 2.89. The molecule has 4 rings (SSSR count). The SMILES string of the molecule is CNC(=O)c1ccc(-c2cnc3c(NCCC(F)(F)F)cc(Oc4ccc(OC)c(F)c4)cn23)cc1C. The van der Waals surface area contributed by atoms with Crippen LogP contribution in [0.2, 0.25) is 0 Å². The van der Waals surface area contributed by atoms with Crippen molar-refractivity contribution < 1.29 is 31.8 Å². The molecular formula is C26H24F4N4O3. The first-order valence-corrected chi connectivity index (χ1v) is 11.3. The molecule has 0 unspecified atom stereocenters. The minimum atomic E-state index is -4.33. The number of rotatable bonds is 8. The normalized spacial score (nSPS) is 11.4. The molecule has 0 saturated heterocycles. The monoisotopic (exact) mass is 516 g/mol. The molecular weight excluding hydrogens is 492 g/mol. The van der Waals surface area contributed by atoms with E-state index in [0.29, 0.717) is 22.6 Å². The lowest BCUT2D eigenvalue weighted by atomic mass is 10.0. The van der Waals surface area contributed by atoms with Crippen LogP contribution >= 0.6 is 0 Å². The molecule has 0 bridgehead atoms. The first-order chi connectivity index (χ1) is 17.6. The van der Waals surface area contributed by atoms with Crippen LogP contribution in [0.15, 0.2) is 54.9 Å². The molecule has 2 aromatic carbocycles. The first-order valence-electron chi connectivity index (χ1n) is 11.3. The smallest absolute Gasteiger partial charge is 0.390 e. The fraction of sp³-hybridized carbons (Fsp3) is 0.231. The number of nitrogens with one attached hydrogen (secondary N) is 2. The standard InChI is InChI=1S/C26H24F4N4O3/c1-15-10-16(4-6-19(15)25(35)31-2)22-13-33-24-21(32-9-8-26(28,29)30)12-18(14-34(22)24)37-17-5-7-23(36-3)20(27)11-17/h4-7,10-14,32H,8-9H2,1-3H3,(H,31,35). The summed E-state index contributed by atoms with van der Waals surface area (Å²) in [5, 5.41) is 5.37. The number of ether oxygens (including phenoxy) is 2. The second-order valence-electron chi connectivity index (χ2n) is 8.23. The van der Waals surface area contributed by atoms with Crippen molar-refractivity contribution in [2.45, 2.75) is 19.5 Å². The molecule has 194 valence electrons. The highest BCUT2D eigenvalue weighted by molar-refractivity contribution is 5.96. The fourth-order valence-corrected chi connectivity index (χ4v) is 3.86. The van der Waals surface area contributed by atoms with E-state index in [1.54, 1.807) is 42.9 Å². The van der Waals surface area contributed by atoms with Gasteiger partial charge in [-0.05, 0) is 36.8 Å². The Morgan fingerprint density at radius 3 is 2.54 bits per heavy atom. The van der Waals surface area contributed by atoms with E-state index in [-0.39, 0.29) is 29.7 Å². The molecule has 0 saturated carbocycles. The number of alkyl halides is 3. The zero-order valence-electron chi connectivity index (χ0n) is 20.2. The Bertz CT molecular complexity index is 1450. The van der Waals surface area contributed by atoms with Gasteiger partial charge < -0.3 is 20.1 Å². The van der Waals surface area contributed by atoms with Gasteiger partial charge in [-0.3, -0.25) is 9.20 Å². The van der Waals surface area contributed by atoms with Gasteiger partial charge in [0, 0.05) is 36.9 Å². The first kappa shape index (κ1) is 25.8. The van der Waals surface area contributed by atoms with Crippen LogP contribution in [-0.4, -0.2) is 42.2 Å². The van der Waals surface area contributed by atoms with Crippen molar-refractivity contribution in [3.05, 3.63) is 71.8 Å². The second-order valence-corrected chi connectivity index (χ2v) is 8.23. The lowest BCUT2D eigenvalue weighted by Gasteiger charge is -2.14. The summed E-state index contributed by atoms with van der Waals surface area (Å²) >= 11 is 0. The second kappa shape index (κ2) is 10.4. The van der Waals surface area contributed by atoms with Gasteiger partial charge in [0.15, 0.2) is 17.2 Å². The Balaban J connectivity index is 1.76. The molecule has 2 aromatic heterocycles. The number of amides is 1. The molecule has 11 heteroatoms. The van der Waals surface area contributed by atoms with Crippen molar-refractivity contribution in [3.63, 3.8) is 0 Å². The van der Waals surface area contributed by atoms with E-state index in [0.717, 1.165) is 17.2 Å². The van der Waals surface area contributed by atoms with Gasteiger partial charge in [-0.15, -0.1) is 0 Å². The summed E-state index contributed by atoms with van der Waals surface area (Å²) < 4.78 is 64.9. The molecule has 0 atom stereocenters. The van der Waals surface area contributed by atoms with E-state index in [4.69, 9.17) is 9.47 Å². The number of fused-ring (bicyclic) bond motifs is 1. The summed E-state index contributed by atoms with van der Waals surface area (Å²) in [5.74, 6) is -0.388. The summed E-state index contributed by atoms with van der Waals surface area (Å²) in [4.78, 5) is 16.5. The van der Waals surface area contributed by atoms with E-state index >= 15 is 0 Å². The molecule has 2 heterocycles. The summed E-state index contributed by atoms with van der Waals surface area (Å²) in [6.45, 7) is 1.43. The van der Waals surface area contributed by atoms with Crippen LogP contribution < -0.4 is 20.1 Å². The third kappa shape index (κ3) is 5.76. The predicted molar refractivity (Wildman–Crippen MR) is 131 cm³/mol. The van der Waals surface area contributed by atoms with Crippen LogP contribution in [0.3, 0.4) is 0 Å². The van der Waals surface area contributed by atoms with Crippen molar-refractivity contribution in [1.29, 1.82) is 0 Å².